The monoisotopic (exact) mass is 246 g/mol. The molecule has 84 valence electrons. The largest absolute Gasteiger partial charge is 0.299 e. The summed E-state index contributed by atoms with van der Waals surface area (Å²) in [5.41, 5.74) is 1.36. The van der Waals surface area contributed by atoms with Crippen LogP contribution < -0.4 is 0 Å². The quantitative estimate of drug-likeness (QED) is 0.708. The molecule has 1 aliphatic rings. The van der Waals surface area contributed by atoms with E-state index in [1.165, 1.54) is 24.9 Å². The fraction of sp³-hybridized carbons (Fsp3) is 0.545. The highest BCUT2D eigenvalue weighted by Gasteiger charge is 2.21. The van der Waals surface area contributed by atoms with Crippen molar-refractivity contribution in [2.75, 3.05) is 18.9 Å². The van der Waals surface area contributed by atoms with Crippen LogP contribution in [0.2, 0.25) is 0 Å². The summed E-state index contributed by atoms with van der Waals surface area (Å²) in [6.07, 6.45) is 6.41. The van der Waals surface area contributed by atoms with Gasteiger partial charge in [-0.05, 0) is 38.1 Å². The SMILES string of the molecule is CN1CCCC1c1cccnc1.ClCCl. The second-order valence-corrected chi connectivity index (χ2v) is 4.33. The summed E-state index contributed by atoms with van der Waals surface area (Å²) >= 11 is 9.53. The zero-order valence-corrected chi connectivity index (χ0v) is 10.4. The molecule has 1 unspecified atom stereocenters. The lowest BCUT2D eigenvalue weighted by Gasteiger charge is -2.18. The van der Waals surface area contributed by atoms with Gasteiger partial charge < -0.3 is 0 Å². The Morgan fingerprint density at radius 2 is 2.27 bits per heavy atom. The average molecular weight is 247 g/mol. The first-order valence-electron chi connectivity index (χ1n) is 5.01. The van der Waals surface area contributed by atoms with Crippen molar-refractivity contribution in [3.8, 4) is 0 Å². The lowest BCUT2D eigenvalue weighted by Crippen LogP contribution is -2.17. The van der Waals surface area contributed by atoms with Gasteiger partial charge in [-0.3, -0.25) is 9.88 Å². The van der Waals surface area contributed by atoms with Crippen molar-refractivity contribution in [3.63, 3.8) is 0 Å². The number of likely N-dealkylation sites (tertiary alicyclic amines) is 1. The third kappa shape index (κ3) is 3.98. The first-order chi connectivity index (χ1) is 7.29. The van der Waals surface area contributed by atoms with Crippen LogP contribution >= 0.6 is 23.2 Å². The van der Waals surface area contributed by atoms with Gasteiger partial charge in [0.1, 0.15) is 0 Å². The zero-order chi connectivity index (χ0) is 11.1. The molecule has 2 heterocycles. The molecule has 0 aliphatic carbocycles. The van der Waals surface area contributed by atoms with E-state index in [9.17, 15) is 0 Å². The van der Waals surface area contributed by atoms with Crippen molar-refractivity contribution in [1.82, 2.24) is 9.88 Å². The summed E-state index contributed by atoms with van der Waals surface area (Å²) in [7, 11) is 2.19. The number of halogens is 2. The zero-order valence-electron chi connectivity index (χ0n) is 8.87. The summed E-state index contributed by atoms with van der Waals surface area (Å²) in [6, 6.07) is 4.79. The summed E-state index contributed by atoms with van der Waals surface area (Å²) in [5.74, 6) is 0. The maximum atomic E-state index is 4.76. The molecular weight excluding hydrogens is 231 g/mol. The summed E-state index contributed by atoms with van der Waals surface area (Å²) in [4.78, 5) is 6.54. The molecule has 1 atom stereocenters. The normalized spacial score (nSPS) is 20.9. The Kier molecular flexibility index (Phi) is 5.99. The van der Waals surface area contributed by atoms with Gasteiger partial charge in [-0.2, -0.15) is 0 Å². The third-order valence-electron chi connectivity index (χ3n) is 2.59. The van der Waals surface area contributed by atoms with Gasteiger partial charge in [0.05, 0.1) is 5.34 Å². The standard InChI is InChI=1S/C10H14N2.CH2Cl2/c1-12-7-3-5-10(12)9-4-2-6-11-8-9;2-1-3/h2,4,6,8,10H,3,5,7H2,1H3;1H2. The predicted octanol–water partition coefficient (Wildman–Crippen LogP) is 3.27. The van der Waals surface area contributed by atoms with E-state index < -0.39 is 0 Å². The number of aromatic nitrogens is 1. The molecule has 0 bridgehead atoms. The minimum absolute atomic E-state index is 0.194. The van der Waals surface area contributed by atoms with E-state index in [1.807, 2.05) is 18.5 Å². The van der Waals surface area contributed by atoms with Crippen molar-refractivity contribution < 1.29 is 0 Å². The summed E-state index contributed by atoms with van der Waals surface area (Å²) < 4.78 is 0. The number of hydrogen-bond acceptors (Lipinski definition) is 2. The van der Waals surface area contributed by atoms with E-state index >= 15 is 0 Å². The summed E-state index contributed by atoms with van der Waals surface area (Å²) in [6.45, 7) is 1.22. The van der Waals surface area contributed by atoms with Gasteiger partial charge in [0.2, 0.25) is 0 Å². The van der Waals surface area contributed by atoms with Crippen molar-refractivity contribution >= 4 is 23.2 Å². The molecule has 4 heteroatoms. The van der Waals surface area contributed by atoms with Crippen LogP contribution in [0.3, 0.4) is 0 Å². The minimum Gasteiger partial charge on any atom is -0.299 e. The van der Waals surface area contributed by atoms with E-state index in [-0.39, 0.29) is 5.34 Å². The highest BCUT2D eigenvalue weighted by molar-refractivity contribution is 6.40. The topological polar surface area (TPSA) is 16.1 Å². The second kappa shape index (κ2) is 7.04. The molecule has 2 nitrogen and oxygen atoms in total. The Morgan fingerprint density at radius 3 is 2.73 bits per heavy atom. The predicted molar refractivity (Wildman–Crippen MR) is 65.4 cm³/mol. The van der Waals surface area contributed by atoms with Crippen molar-refractivity contribution in [2.24, 2.45) is 0 Å². The van der Waals surface area contributed by atoms with Crippen LogP contribution in [0.4, 0.5) is 0 Å². The molecule has 1 aromatic heterocycles. The lowest BCUT2D eigenvalue weighted by atomic mass is 10.1. The second-order valence-electron chi connectivity index (χ2n) is 3.53. The van der Waals surface area contributed by atoms with Crippen molar-refractivity contribution in [2.45, 2.75) is 18.9 Å². The molecule has 1 fully saturated rings. The van der Waals surface area contributed by atoms with Crippen molar-refractivity contribution in [1.29, 1.82) is 0 Å². The van der Waals surface area contributed by atoms with Gasteiger partial charge in [0.25, 0.3) is 0 Å². The van der Waals surface area contributed by atoms with E-state index in [2.05, 4.69) is 23.0 Å². The molecule has 0 saturated carbocycles. The maximum absolute atomic E-state index is 4.76. The first-order valence-corrected chi connectivity index (χ1v) is 6.08. The van der Waals surface area contributed by atoms with Crippen LogP contribution in [-0.4, -0.2) is 28.8 Å². The van der Waals surface area contributed by atoms with E-state index in [4.69, 9.17) is 23.2 Å². The Morgan fingerprint density at radius 1 is 1.53 bits per heavy atom. The van der Waals surface area contributed by atoms with Gasteiger partial charge in [0.15, 0.2) is 0 Å². The molecule has 1 saturated heterocycles. The van der Waals surface area contributed by atoms with Gasteiger partial charge in [-0.15, -0.1) is 23.2 Å². The molecule has 1 aromatic rings. The van der Waals surface area contributed by atoms with Gasteiger partial charge in [-0.25, -0.2) is 0 Å². The average Bonchev–Trinajstić information content (AvgIpc) is 2.67. The van der Waals surface area contributed by atoms with E-state index in [1.54, 1.807) is 0 Å². The highest BCUT2D eigenvalue weighted by Crippen LogP contribution is 2.29. The Bertz CT molecular complexity index is 267. The maximum Gasteiger partial charge on any atom is 0.0967 e. The molecule has 0 aromatic carbocycles. The van der Waals surface area contributed by atoms with Crippen LogP contribution in [0.15, 0.2) is 24.5 Å². The van der Waals surface area contributed by atoms with Crippen LogP contribution in [0.5, 0.6) is 0 Å². The van der Waals surface area contributed by atoms with Crippen LogP contribution in [0.25, 0.3) is 0 Å². The van der Waals surface area contributed by atoms with Gasteiger partial charge in [-0.1, -0.05) is 6.07 Å². The Labute approximate surface area is 101 Å². The van der Waals surface area contributed by atoms with Crippen LogP contribution in [-0.2, 0) is 0 Å². The van der Waals surface area contributed by atoms with Crippen LogP contribution in [0.1, 0.15) is 24.4 Å². The number of nitrogens with zero attached hydrogens (tertiary/aromatic N) is 2. The Hall–Kier alpha value is -0.310. The molecule has 0 radical (unpaired) electrons. The van der Waals surface area contributed by atoms with E-state index in [0.717, 1.165) is 0 Å². The van der Waals surface area contributed by atoms with Crippen molar-refractivity contribution in [3.05, 3.63) is 30.1 Å². The van der Waals surface area contributed by atoms with E-state index in [0.29, 0.717) is 6.04 Å². The number of hydrogen-bond donors (Lipinski definition) is 0. The van der Waals surface area contributed by atoms with Gasteiger partial charge >= 0.3 is 0 Å². The fourth-order valence-electron chi connectivity index (χ4n) is 1.90. The highest BCUT2D eigenvalue weighted by atomic mass is 35.5. The van der Waals surface area contributed by atoms with Gasteiger partial charge in [0, 0.05) is 18.4 Å². The first kappa shape index (κ1) is 12.8. The number of alkyl halides is 2. The Balaban J connectivity index is 0.000000337. The third-order valence-corrected chi connectivity index (χ3v) is 2.59. The molecule has 2 rings (SSSR count). The molecular formula is C11H16Cl2N2. The molecule has 15 heavy (non-hydrogen) atoms. The molecule has 0 amide bonds. The lowest BCUT2D eigenvalue weighted by molar-refractivity contribution is 0.317. The van der Waals surface area contributed by atoms with Crippen LogP contribution in [0, 0.1) is 0 Å². The molecule has 0 spiro atoms. The molecule has 1 aliphatic heterocycles. The minimum atomic E-state index is 0.194. The number of rotatable bonds is 1. The fourth-order valence-corrected chi connectivity index (χ4v) is 1.90. The molecule has 0 N–H and O–H groups in total. The number of pyridine rings is 1. The summed E-state index contributed by atoms with van der Waals surface area (Å²) in [5, 5.41) is 0.194. The smallest absolute Gasteiger partial charge is 0.0967 e.